The Morgan fingerprint density at radius 2 is 1.00 bits per heavy atom. The van der Waals surface area contributed by atoms with Gasteiger partial charge in [0, 0.05) is 0 Å². The SMILES string of the molecule is Cc1ccc(C(NCCCCCCCCCCN)(c2ccccc2)c2ccccc2)cc1. The summed E-state index contributed by atoms with van der Waals surface area (Å²) in [6.07, 6.45) is 10.2. The summed E-state index contributed by atoms with van der Waals surface area (Å²) in [5.41, 5.74) is 10.4. The summed E-state index contributed by atoms with van der Waals surface area (Å²) in [4.78, 5) is 0. The minimum absolute atomic E-state index is 0.349. The van der Waals surface area contributed by atoms with Gasteiger partial charge in [-0.1, -0.05) is 129 Å². The molecule has 170 valence electrons. The molecule has 3 aromatic carbocycles. The Labute approximate surface area is 195 Å². The van der Waals surface area contributed by atoms with Crippen LogP contribution < -0.4 is 11.1 Å². The summed E-state index contributed by atoms with van der Waals surface area (Å²) in [7, 11) is 0. The number of unbranched alkanes of at least 4 members (excludes halogenated alkanes) is 7. The third kappa shape index (κ3) is 6.54. The fourth-order valence-corrected chi connectivity index (χ4v) is 4.59. The highest BCUT2D eigenvalue weighted by molar-refractivity contribution is 5.49. The predicted octanol–water partition coefficient (Wildman–Crippen LogP) is 6.96. The lowest BCUT2D eigenvalue weighted by atomic mass is 9.76. The first-order valence-corrected chi connectivity index (χ1v) is 12.4. The molecule has 0 saturated carbocycles. The molecule has 0 spiro atoms. The van der Waals surface area contributed by atoms with Crippen molar-refractivity contribution >= 4 is 0 Å². The zero-order chi connectivity index (χ0) is 22.5. The second-order valence-corrected chi connectivity index (χ2v) is 8.89. The third-order valence-electron chi connectivity index (χ3n) is 6.42. The maximum atomic E-state index is 5.59. The van der Waals surface area contributed by atoms with E-state index in [9.17, 15) is 0 Å². The number of hydrogen-bond donors (Lipinski definition) is 2. The molecule has 3 N–H and O–H groups in total. The maximum Gasteiger partial charge on any atom is 0.0947 e. The average molecular weight is 429 g/mol. The Morgan fingerprint density at radius 3 is 1.50 bits per heavy atom. The van der Waals surface area contributed by atoms with Gasteiger partial charge in [0.2, 0.25) is 0 Å². The van der Waals surface area contributed by atoms with Crippen LogP contribution in [0, 0.1) is 6.92 Å². The quantitative estimate of drug-likeness (QED) is 0.215. The first kappa shape index (κ1) is 24.2. The zero-order valence-corrected chi connectivity index (χ0v) is 19.7. The Morgan fingerprint density at radius 1 is 0.562 bits per heavy atom. The first-order valence-electron chi connectivity index (χ1n) is 12.4. The van der Waals surface area contributed by atoms with Crippen molar-refractivity contribution in [1.82, 2.24) is 5.32 Å². The standard InChI is InChI=1S/C30H40N2/c1-26-20-22-29(23-21-26)30(27-16-10-8-11-17-27,28-18-12-9-13-19-28)32-25-15-7-5-3-2-4-6-14-24-31/h8-13,16-23,32H,2-7,14-15,24-25,31H2,1H3. The smallest absolute Gasteiger partial charge is 0.0947 e. The van der Waals surface area contributed by atoms with Crippen molar-refractivity contribution in [2.24, 2.45) is 5.73 Å². The number of aryl methyl sites for hydroxylation is 1. The van der Waals surface area contributed by atoms with Crippen molar-refractivity contribution in [3.63, 3.8) is 0 Å². The van der Waals surface area contributed by atoms with E-state index in [1.54, 1.807) is 0 Å². The van der Waals surface area contributed by atoms with Crippen molar-refractivity contribution in [1.29, 1.82) is 0 Å². The summed E-state index contributed by atoms with van der Waals surface area (Å²) in [6.45, 7) is 3.97. The van der Waals surface area contributed by atoms with Crippen LogP contribution in [0.3, 0.4) is 0 Å². The number of nitrogens with two attached hydrogens (primary N) is 1. The molecule has 0 aromatic heterocycles. The summed E-state index contributed by atoms with van der Waals surface area (Å²) >= 11 is 0. The van der Waals surface area contributed by atoms with Gasteiger partial charge in [-0.05, 0) is 49.5 Å². The molecule has 0 atom stereocenters. The normalized spacial score (nSPS) is 11.6. The summed E-state index contributed by atoms with van der Waals surface area (Å²) < 4.78 is 0. The van der Waals surface area contributed by atoms with E-state index in [-0.39, 0.29) is 5.54 Å². The lowest BCUT2D eigenvalue weighted by Gasteiger charge is -2.37. The Hall–Kier alpha value is -2.42. The van der Waals surface area contributed by atoms with Gasteiger partial charge in [0.05, 0.1) is 5.54 Å². The molecule has 32 heavy (non-hydrogen) atoms. The second-order valence-electron chi connectivity index (χ2n) is 8.89. The van der Waals surface area contributed by atoms with Crippen molar-refractivity contribution in [3.8, 4) is 0 Å². The molecule has 0 aliphatic rings. The maximum absolute atomic E-state index is 5.59. The minimum Gasteiger partial charge on any atom is -0.330 e. The highest BCUT2D eigenvalue weighted by atomic mass is 15.0. The second kappa shape index (κ2) is 13.2. The van der Waals surface area contributed by atoms with Crippen molar-refractivity contribution < 1.29 is 0 Å². The Kier molecular flexibility index (Phi) is 9.99. The van der Waals surface area contributed by atoms with Gasteiger partial charge in [-0.25, -0.2) is 0 Å². The molecule has 2 heteroatoms. The van der Waals surface area contributed by atoms with Crippen molar-refractivity contribution in [3.05, 3.63) is 107 Å². The fourth-order valence-electron chi connectivity index (χ4n) is 4.59. The van der Waals surface area contributed by atoms with Crippen LogP contribution in [0.4, 0.5) is 0 Å². The van der Waals surface area contributed by atoms with Crippen LogP contribution in [-0.4, -0.2) is 13.1 Å². The van der Waals surface area contributed by atoms with E-state index >= 15 is 0 Å². The van der Waals surface area contributed by atoms with Crippen molar-refractivity contribution in [2.75, 3.05) is 13.1 Å². The Balaban J connectivity index is 1.73. The first-order chi connectivity index (χ1) is 15.8. The van der Waals surface area contributed by atoms with E-state index in [1.165, 1.54) is 73.6 Å². The van der Waals surface area contributed by atoms with Crippen LogP contribution in [0.5, 0.6) is 0 Å². The van der Waals surface area contributed by atoms with E-state index in [2.05, 4.69) is 97.2 Å². The molecule has 0 aliphatic heterocycles. The summed E-state index contributed by atoms with van der Waals surface area (Å²) in [5.74, 6) is 0. The average Bonchev–Trinajstić information content (AvgIpc) is 2.85. The number of benzene rings is 3. The van der Waals surface area contributed by atoms with Crippen LogP contribution in [0.15, 0.2) is 84.9 Å². The fraction of sp³-hybridized carbons (Fsp3) is 0.400. The molecule has 0 bridgehead atoms. The van der Waals surface area contributed by atoms with Crippen LogP contribution in [-0.2, 0) is 5.54 Å². The molecule has 3 aromatic rings. The lowest BCUT2D eigenvalue weighted by Crippen LogP contribution is -2.45. The topological polar surface area (TPSA) is 38.0 Å². The Bertz CT molecular complexity index is 832. The van der Waals surface area contributed by atoms with Gasteiger partial charge >= 0.3 is 0 Å². The van der Waals surface area contributed by atoms with Crippen LogP contribution >= 0.6 is 0 Å². The van der Waals surface area contributed by atoms with E-state index < -0.39 is 0 Å². The molecule has 0 aliphatic carbocycles. The van der Waals surface area contributed by atoms with Crippen LogP contribution in [0.1, 0.15) is 73.6 Å². The van der Waals surface area contributed by atoms with E-state index in [4.69, 9.17) is 5.73 Å². The van der Waals surface area contributed by atoms with Crippen molar-refractivity contribution in [2.45, 2.75) is 63.8 Å². The molecule has 2 nitrogen and oxygen atoms in total. The van der Waals surface area contributed by atoms with E-state index in [0.29, 0.717) is 0 Å². The monoisotopic (exact) mass is 428 g/mol. The molecular weight excluding hydrogens is 388 g/mol. The van der Waals surface area contributed by atoms with E-state index in [1.807, 2.05) is 0 Å². The predicted molar refractivity (Wildman–Crippen MR) is 138 cm³/mol. The molecule has 0 unspecified atom stereocenters. The summed E-state index contributed by atoms with van der Waals surface area (Å²) in [6, 6.07) is 30.8. The minimum atomic E-state index is -0.349. The number of nitrogens with one attached hydrogen (secondary N) is 1. The number of rotatable bonds is 14. The van der Waals surface area contributed by atoms with Gasteiger partial charge in [0.25, 0.3) is 0 Å². The highest BCUT2D eigenvalue weighted by Crippen LogP contribution is 2.37. The molecule has 3 rings (SSSR count). The molecule has 0 radical (unpaired) electrons. The molecule has 0 heterocycles. The largest absolute Gasteiger partial charge is 0.330 e. The summed E-state index contributed by atoms with van der Waals surface area (Å²) in [5, 5.41) is 4.01. The number of hydrogen-bond acceptors (Lipinski definition) is 2. The lowest BCUT2D eigenvalue weighted by molar-refractivity contribution is 0.454. The van der Waals surface area contributed by atoms with Gasteiger partial charge < -0.3 is 5.73 Å². The highest BCUT2D eigenvalue weighted by Gasteiger charge is 2.35. The van der Waals surface area contributed by atoms with Gasteiger partial charge in [0.15, 0.2) is 0 Å². The van der Waals surface area contributed by atoms with E-state index in [0.717, 1.165) is 13.1 Å². The molecule has 0 saturated heterocycles. The zero-order valence-electron chi connectivity index (χ0n) is 19.7. The molecular formula is C30H40N2. The van der Waals surface area contributed by atoms with Gasteiger partial charge in [-0.3, -0.25) is 5.32 Å². The van der Waals surface area contributed by atoms with Crippen LogP contribution in [0.25, 0.3) is 0 Å². The van der Waals surface area contributed by atoms with Gasteiger partial charge in [-0.15, -0.1) is 0 Å². The third-order valence-corrected chi connectivity index (χ3v) is 6.42. The molecule has 0 amide bonds. The van der Waals surface area contributed by atoms with Gasteiger partial charge in [-0.2, -0.15) is 0 Å². The van der Waals surface area contributed by atoms with Crippen LogP contribution in [0.2, 0.25) is 0 Å². The molecule has 0 fully saturated rings. The van der Waals surface area contributed by atoms with Gasteiger partial charge in [0.1, 0.15) is 0 Å².